The summed E-state index contributed by atoms with van der Waals surface area (Å²) >= 11 is 0. The van der Waals surface area contributed by atoms with Gasteiger partial charge >= 0.3 is 0 Å². The molecule has 0 aromatic heterocycles. The maximum Gasteiger partial charge on any atom is 0.136 e. The van der Waals surface area contributed by atoms with Crippen LogP contribution in [0.3, 0.4) is 0 Å². The average molecular weight is 151 g/mol. The van der Waals surface area contributed by atoms with E-state index >= 15 is 0 Å². The van der Waals surface area contributed by atoms with Crippen LogP contribution in [-0.4, -0.2) is 5.78 Å². The summed E-state index contributed by atoms with van der Waals surface area (Å²) < 4.78 is 0. The second-order valence-corrected chi connectivity index (χ2v) is 3.27. The number of nitriles is 1. The van der Waals surface area contributed by atoms with Gasteiger partial charge in [0.15, 0.2) is 0 Å². The Balaban J connectivity index is 2.52. The van der Waals surface area contributed by atoms with Crippen molar-refractivity contribution in [1.29, 1.82) is 5.26 Å². The molecule has 1 aliphatic rings. The molecule has 2 atom stereocenters. The zero-order chi connectivity index (χ0) is 8.27. The predicted octanol–water partition coefficient (Wildman–Crippen LogP) is 1.91. The lowest BCUT2D eigenvalue weighted by Crippen LogP contribution is -2.25. The van der Waals surface area contributed by atoms with Crippen LogP contribution < -0.4 is 0 Å². The smallest absolute Gasteiger partial charge is 0.136 e. The Hall–Kier alpha value is -0.840. The Morgan fingerprint density at radius 3 is 3.09 bits per heavy atom. The fourth-order valence-corrected chi connectivity index (χ4v) is 1.68. The van der Waals surface area contributed by atoms with Crippen molar-refractivity contribution in [3.8, 4) is 6.07 Å². The van der Waals surface area contributed by atoms with Crippen LogP contribution in [0.2, 0.25) is 0 Å². The number of carbonyl (C=O) groups excluding carboxylic acids is 1. The van der Waals surface area contributed by atoms with Gasteiger partial charge in [0.2, 0.25) is 0 Å². The number of rotatable bonds is 1. The van der Waals surface area contributed by atoms with E-state index in [1.165, 1.54) is 0 Å². The molecule has 0 saturated heterocycles. The van der Waals surface area contributed by atoms with Crippen molar-refractivity contribution >= 4 is 5.78 Å². The van der Waals surface area contributed by atoms with E-state index in [1.807, 2.05) is 6.92 Å². The summed E-state index contributed by atoms with van der Waals surface area (Å²) in [6, 6.07) is 2.14. The van der Waals surface area contributed by atoms with Crippen molar-refractivity contribution in [3.05, 3.63) is 0 Å². The monoisotopic (exact) mass is 151 g/mol. The molecule has 60 valence electrons. The lowest BCUT2D eigenvalue weighted by Gasteiger charge is -2.25. The van der Waals surface area contributed by atoms with Gasteiger partial charge in [0.25, 0.3) is 0 Å². The molecule has 1 saturated carbocycles. The number of carbonyl (C=O) groups is 1. The van der Waals surface area contributed by atoms with Crippen LogP contribution in [0.4, 0.5) is 0 Å². The zero-order valence-electron chi connectivity index (χ0n) is 6.84. The highest BCUT2D eigenvalue weighted by Crippen LogP contribution is 2.28. The molecule has 0 N–H and O–H groups in total. The van der Waals surface area contributed by atoms with E-state index in [2.05, 4.69) is 6.07 Å². The average Bonchev–Trinajstić information content (AvgIpc) is 1.99. The molecule has 0 spiro atoms. The molecule has 0 aliphatic heterocycles. The second kappa shape index (κ2) is 3.52. The van der Waals surface area contributed by atoms with Crippen molar-refractivity contribution in [3.63, 3.8) is 0 Å². The normalized spacial score (nSPS) is 31.5. The minimum absolute atomic E-state index is 0.128. The van der Waals surface area contributed by atoms with Crippen molar-refractivity contribution in [1.82, 2.24) is 0 Å². The maximum absolute atomic E-state index is 11.2. The van der Waals surface area contributed by atoms with Crippen LogP contribution in [0.15, 0.2) is 0 Å². The second-order valence-electron chi connectivity index (χ2n) is 3.27. The first-order valence-corrected chi connectivity index (χ1v) is 4.15. The molecular weight excluding hydrogens is 138 g/mol. The van der Waals surface area contributed by atoms with E-state index in [0.717, 1.165) is 19.3 Å². The van der Waals surface area contributed by atoms with Gasteiger partial charge in [0.1, 0.15) is 5.78 Å². The molecule has 1 rings (SSSR count). The van der Waals surface area contributed by atoms with Crippen LogP contribution in [0, 0.1) is 23.2 Å². The first-order valence-electron chi connectivity index (χ1n) is 4.15. The molecule has 0 radical (unpaired) electrons. The summed E-state index contributed by atoms with van der Waals surface area (Å²) in [6.07, 6.45) is 3.31. The van der Waals surface area contributed by atoms with Crippen molar-refractivity contribution in [2.24, 2.45) is 11.8 Å². The number of hydrogen-bond donors (Lipinski definition) is 0. The van der Waals surface area contributed by atoms with E-state index in [-0.39, 0.29) is 5.92 Å². The molecule has 0 amide bonds. The maximum atomic E-state index is 11.2. The van der Waals surface area contributed by atoms with E-state index in [0.29, 0.717) is 18.1 Å². The van der Waals surface area contributed by atoms with Gasteiger partial charge in [0.05, 0.1) is 6.07 Å². The molecule has 2 heteroatoms. The van der Waals surface area contributed by atoms with Crippen molar-refractivity contribution in [2.45, 2.75) is 32.6 Å². The molecule has 0 bridgehead atoms. The van der Waals surface area contributed by atoms with E-state index in [9.17, 15) is 4.79 Å². The number of hydrogen-bond acceptors (Lipinski definition) is 2. The molecule has 0 heterocycles. The Labute approximate surface area is 67.2 Å². The fourth-order valence-electron chi connectivity index (χ4n) is 1.68. The quantitative estimate of drug-likeness (QED) is 0.574. The van der Waals surface area contributed by atoms with Crippen LogP contribution in [0.1, 0.15) is 32.6 Å². The summed E-state index contributed by atoms with van der Waals surface area (Å²) in [5, 5.41) is 8.46. The van der Waals surface area contributed by atoms with Crippen molar-refractivity contribution in [2.75, 3.05) is 0 Å². The summed E-state index contributed by atoms with van der Waals surface area (Å²) in [5.41, 5.74) is 0. The number of ketones is 1. The molecular formula is C9H13NO. The largest absolute Gasteiger partial charge is 0.299 e. The predicted molar refractivity (Wildman–Crippen MR) is 41.7 cm³/mol. The van der Waals surface area contributed by atoms with Crippen LogP contribution in [0.25, 0.3) is 0 Å². The van der Waals surface area contributed by atoms with Gasteiger partial charge in [-0.2, -0.15) is 5.26 Å². The first-order chi connectivity index (χ1) is 5.25. The third-order valence-corrected chi connectivity index (χ3v) is 2.57. The van der Waals surface area contributed by atoms with E-state index in [1.54, 1.807) is 0 Å². The van der Waals surface area contributed by atoms with Crippen molar-refractivity contribution < 1.29 is 4.79 Å². The third-order valence-electron chi connectivity index (χ3n) is 2.57. The molecule has 2 nitrogen and oxygen atoms in total. The van der Waals surface area contributed by atoms with Gasteiger partial charge in [-0.05, 0) is 18.8 Å². The van der Waals surface area contributed by atoms with Gasteiger partial charge in [0, 0.05) is 18.8 Å². The van der Waals surface area contributed by atoms with Gasteiger partial charge in [-0.25, -0.2) is 0 Å². The van der Waals surface area contributed by atoms with Gasteiger partial charge < -0.3 is 0 Å². The van der Waals surface area contributed by atoms with Crippen LogP contribution in [-0.2, 0) is 4.79 Å². The fraction of sp³-hybridized carbons (Fsp3) is 0.778. The van der Waals surface area contributed by atoms with Gasteiger partial charge in [-0.15, -0.1) is 0 Å². The lowest BCUT2D eigenvalue weighted by atomic mass is 9.78. The minimum atomic E-state index is 0.128. The highest BCUT2D eigenvalue weighted by molar-refractivity contribution is 5.81. The molecule has 0 aromatic carbocycles. The topological polar surface area (TPSA) is 40.9 Å². The molecule has 0 unspecified atom stereocenters. The molecule has 0 aromatic rings. The standard InChI is InChI=1S/C9H13NO/c1-7-8(5-6-10)3-2-4-9(7)11/h7-8H,2-5H2,1H3/t7-,8-/m0/s1. The van der Waals surface area contributed by atoms with Gasteiger partial charge in [-0.1, -0.05) is 6.92 Å². The number of nitrogens with zero attached hydrogens (tertiary/aromatic N) is 1. The summed E-state index contributed by atoms with van der Waals surface area (Å²) in [4.78, 5) is 11.2. The SMILES string of the molecule is C[C@@H]1C(=O)CCC[C@H]1CC#N. The first kappa shape index (κ1) is 8.26. The van der Waals surface area contributed by atoms with Gasteiger partial charge in [-0.3, -0.25) is 4.79 Å². The van der Waals surface area contributed by atoms with Crippen LogP contribution >= 0.6 is 0 Å². The minimum Gasteiger partial charge on any atom is -0.299 e. The highest BCUT2D eigenvalue weighted by Gasteiger charge is 2.27. The Kier molecular flexibility index (Phi) is 2.64. The van der Waals surface area contributed by atoms with E-state index in [4.69, 9.17) is 5.26 Å². The molecule has 1 fully saturated rings. The zero-order valence-corrected chi connectivity index (χ0v) is 6.84. The molecule has 1 aliphatic carbocycles. The summed E-state index contributed by atoms with van der Waals surface area (Å²) in [7, 11) is 0. The summed E-state index contributed by atoms with van der Waals surface area (Å²) in [6.45, 7) is 1.95. The Morgan fingerprint density at radius 2 is 2.45 bits per heavy atom. The Bertz CT molecular complexity index is 192. The lowest BCUT2D eigenvalue weighted by molar-refractivity contribution is -0.125. The number of Topliss-reactive ketones (excluding diaryl/α,β-unsaturated/α-hetero) is 1. The Morgan fingerprint density at radius 1 is 1.73 bits per heavy atom. The summed E-state index contributed by atoms with van der Waals surface area (Å²) in [5.74, 6) is 0.807. The van der Waals surface area contributed by atoms with E-state index < -0.39 is 0 Å². The third kappa shape index (κ3) is 1.80. The molecule has 11 heavy (non-hydrogen) atoms. The van der Waals surface area contributed by atoms with Crippen LogP contribution in [0.5, 0.6) is 0 Å². The highest BCUT2D eigenvalue weighted by atomic mass is 16.1.